The first-order valence-corrected chi connectivity index (χ1v) is 11.2. The Balaban J connectivity index is 1.60. The zero-order valence-electron chi connectivity index (χ0n) is 14.7. The topological polar surface area (TPSA) is 66.5 Å². The molecule has 2 aromatic rings. The first-order valence-electron chi connectivity index (χ1n) is 8.60. The fraction of sp³-hybridized carbons (Fsp3) is 0.389. The molecule has 0 spiro atoms. The highest BCUT2D eigenvalue weighted by Crippen LogP contribution is 2.32. The molecule has 1 saturated heterocycles. The Morgan fingerprint density at radius 2 is 1.93 bits per heavy atom. The molecule has 1 aromatic carbocycles. The van der Waals surface area contributed by atoms with Crippen molar-refractivity contribution in [1.29, 1.82) is 0 Å². The zero-order chi connectivity index (χ0) is 19.6. The lowest BCUT2D eigenvalue weighted by Crippen LogP contribution is -2.41. The average Bonchev–Trinajstić information content (AvgIpc) is 3.10. The van der Waals surface area contributed by atoms with Gasteiger partial charge in [0, 0.05) is 19.0 Å². The molecule has 1 aliphatic rings. The molecule has 1 N–H and O–H groups in total. The third kappa shape index (κ3) is 4.51. The average molecular weight is 431 g/mol. The van der Waals surface area contributed by atoms with Gasteiger partial charge in [0.15, 0.2) is 0 Å². The maximum absolute atomic E-state index is 13.7. The molecule has 0 saturated carbocycles. The lowest BCUT2D eigenvalue weighted by atomic mass is 9.85. The summed E-state index contributed by atoms with van der Waals surface area (Å²) < 4.78 is 41.1. The van der Waals surface area contributed by atoms with Gasteiger partial charge < -0.3 is 5.32 Å². The number of rotatable bonds is 5. The van der Waals surface area contributed by atoms with E-state index in [1.807, 2.05) is 0 Å². The molecule has 1 fully saturated rings. The lowest BCUT2D eigenvalue weighted by molar-refractivity contribution is -0.121. The highest BCUT2D eigenvalue weighted by molar-refractivity contribution is 7.91. The SMILES string of the molecule is CC(C(=O)Nc1ccccc1F)C1CCN(S(=O)(=O)c2ccc(Cl)s2)CC1. The van der Waals surface area contributed by atoms with Crippen LogP contribution in [-0.2, 0) is 14.8 Å². The second-order valence-electron chi connectivity index (χ2n) is 6.56. The standard InChI is InChI=1S/C18H20ClFN2O3S2/c1-12(18(23)21-15-5-3-2-4-14(15)20)13-8-10-22(11-9-13)27(24,25)17-7-6-16(19)26-17/h2-7,12-13H,8-11H2,1H3,(H,21,23). The van der Waals surface area contributed by atoms with Gasteiger partial charge in [-0.1, -0.05) is 30.7 Å². The van der Waals surface area contributed by atoms with E-state index < -0.39 is 15.8 Å². The van der Waals surface area contributed by atoms with E-state index in [9.17, 15) is 17.6 Å². The van der Waals surface area contributed by atoms with Gasteiger partial charge in [0.25, 0.3) is 10.0 Å². The van der Waals surface area contributed by atoms with E-state index in [-0.39, 0.29) is 27.6 Å². The number of nitrogens with zero attached hydrogens (tertiary/aromatic N) is 1. The van der Waals surface area contributed by atoms with Crippen molar-refractivity contribution >= 4 is 44.6 Å². The Morgan fingerprint density at radius 1 is 1.26 bits per heavy atom. The van der Waals surface area contributed by atoms with Crippen LogP contribution in [0.3, 0.4) is 0 Å². The maximum atomic E-state index is 13.7. The molecule has 3 rings (SSSR count). The van der Waals surface area contributed by atoms with Crippen molar-refractivity contribution in [3.05, 3.63) is 46.6 Å². The number of thiophene rings is 1. The summed E-state index contributed by atoms with van der Waals surface area (Å²) >= 11 is 6.89. The van der Waals surface area contributed by atoms with E-state index >= 15 is 0 Å². The number of hydrogen-bond acceptors (Lipinski definition) is 4. The van der Waals surface area contributed by atoms with Crippen molar-refractivity contribution in [1.82, 2.24) is 4.31 Å². The Labute approximate surface area is 167 Å². The van der Waals surface area contributed by atoms with E-state index in [0.29, 0.717) is 30.3 Å². The fourth-order valence-corrected chi connectivity index (χ4v) is 6.31. The molecule has 9 heteroatoms. The minimum atomic E-state index is -3.55. The first kappa shape index (κ1) is 20.3. The summed E-state index contributed by atoms with van der Waals surface area (Å²) in [7, 11) is -3.55. The van der Waals surface area contributed by atoms with Crippen LogP contribution in [0.2, 0.25) is 4.34 Å². The smallest absolute Gasteiger partial charge is 0.252 e. The van der Waals surface area contributed by atoms with E-state index in [4.69, 9.17) is 11.6 Å². The molecule has 1 amide bonds. The number of anilines is 1. The summed E-state index contributed by atoms with van der Waals surface area (Å²) in [4.78, 5) is 12.4. The minimum absolute atomic E-state index is 0.0372. The summed E-state index contributed by atoms with van der Waals surface area (Å²) in [5.74, 6) is -1.04. The molecule has 0 radical (unpaired) electrons. The Bertz CT molecular complexity index is 924. The number of sulfonamides is 1. The molecule has 0 aliphatic carbocycles. The van der Waals surface area contributed by atoms with Gasteiger partial charge in [0.2, 0.25) is 5.91 Å². The van der Waals surface area contributed by atoms with Crippen LogP contribution in [0, 0.1) is 17.7 Å². The largest absolute Gasteiger partial charge is 0.323 e. The number of carbonyl (C=O) groups excluding carboxylic acids is 1. The predicted octanol–water partition coefficient (Wildman–Crippen LogP) is 4.22. The number of amides is 1. The van der Waals surface area contributed by atoms with Gasteiger partial charge >= 0.3 is 0 Å². The third-order valence-electron chi connectivity index (χ3n) is 4.89. The van der Waals surface area contributed by atoms with E-state index in [1.165, 1.54) is 22.5 Å². The predicted molar refractivity (Wildman–Crippen MR) is 105 cm³/mol. The van der Waals surface area contributed by atoms with Crippen molar-refractivity contribution in [2.45, 2.75) is 24.0 Å². The van der Waals surface area contributed by atoms with Crippen molar-refractivity contribution in [3.63, 3.8) is 0 Å². The normalized spacial score (nSPS) is 17.6. The fourth-order valence-electron chi connectivity index (χ4n) is 3.20. The molecule has 1 atom stereocenters. The molecule has 27 heavy (non-hydrogen) atoms. The Hall–Kier alpha value is -1.48. The highest BCUT2D eigenvalue weighted by atomic mass is 35.5. The number of para-hydroxylation sites is 1. The van der Waals surface area contributed by atoms with Crippen LogP contribution in [0.25, 0.3) is 0 Å². The molecule has 1 unspecified atom stereocenters. The molecule has 1 aromatic heterocycles. The maximum Gasteiger partial charge on any atom is 0.252 e. The molecule has 146 valence electrons. The summed E-state index contributed by atoms with van der Waals surface area (Å²) in [6, 6.07) is 9.11. The van der Waals surface area contributed by atoms with E-state index in [0.717, 1.165) is 11.3 Å². The van der Waals surface area contributed by atoms with Gasteiger partial charge in [0.05, 0.1) is 10.0 Å². The van der Waals surface area contributed by atoms with Gasteiger partial charge in [-0.05, 0) is 43.0 Å². The van der Waals surface area contributed by atoms with Gasteiger partial charge in [-0.2, -0.15) is 4.31 Å². The number of nitrogens with one attached hydrogen (secondary N) is 1. The number of piperidine rings is 1. The summed E-state index contributed by atoms with van der Waals surface area (Å²) in [5, 5.41) is 2.62. The number of hydrogen-bond donors (Lipinski definition) is 1. The Kier molecular flexibility index (Phi) is 6.20. The van der Waals surface area contributed by atoms with Crippen LogP contribution in [0.4, 0.5) is 10.1 Å². The van der Waals surface area contributed by atoms with Crippen LogP contribution in [0.15, 0.2) is 40.6 Å². The van der Waals surface area contributed by atoms with E-state index in [2.05, 4.69) is 5.32 Å². The quantitative estimate of drug-likeness (QED) is 0.772. The molecule has 5 nitrogen and oxygen atoms in total. The molecular formula is C18H20ClFN2O3S2. The number of carbonyl (C=O) groups is 1. The monoisotopic (exact) mass is 430 g/mol. The number of benzene rings is 1. The molecule has 0 bridgehead atoms. The van der Waals surface area contributed by atoms with Gasteiger partial charge in [-0.25, -0.2) is 12.8 Å². The zero-order valence-corrected chi connectivity index (χ0v) is 17.1. The summed E-state index contributed by atoms with van der Waals surface area (Å²) in [5.41, 5.74) is 0.156. The lowest BCUT2D eigenvalue weighted by Gasteiger charge is -2.33. The molecule has 1 aliphatic heterocycles. The van der Waals surface area contributed by atoms with Crippen LogP contribution in [0.1, 0.15) is 19.8 Å². The van der Waals surface area contributed by atoms with Gasteiger partial charge in [-0.3, -0.25) is 4.79 Å². The van der Waals surface area contributed by atoms with Gasteiger partial charge in [-0.15, -0.1) is 11.3 Å². The highest BCUT2D eigenvalue weighted by Gasteiger charge is 2.34. The van der Waals surface area contributed by atoms with Crippen molar-refractivity contribution in [2.75, 3.05) is 18.4 Å². The van der Waals surface area contributed by atoms with Crippen molar-refractivity contribution in [2.24, 2.45) is 11.8 Å². The van der Waals surface area contributed by atoms with Gasteiger partial charge in [0.1, 0.15) is 10.0 Å². The van der Waals surface area contributed by atoms with Crippen LogP contribution < -0.4 is 5.32 Å². The van der Waals surface area contributed by atoms with E-state index in [1.54, 1.807) is 25.1 Å². The third-order valence-corrected chi connectivity index (χ3v) is 8.49. The van der Waals surface area contributed by atoms with Crippen LogP contribution in [-0.4, -0.2) is 31.7 Å². The summed E-state index contributed by atoms with van der Waals surface area (Å²) in [6.07, 6.45) is 1.15. The second kappa shape index (κ2) is 8.26. The number of halogens is 2. The Morgan fingerprint density at radius 3 is 2.52 bits per heavy atom. The van der Waals surface area contributed by atoms with Crippen molar-refractivity contribution in [3.8, 4) is 0 Å². The molecule has 2 heterocycles. The summed E-state index contributed by atoms with van der Waals surface area (Å²) in [6.45, 7) is 2.49. The minimum Gasteiger partial charge on any atom is -0.323 e. The molecular weight excluding hydrogens is 411 g/mol. The van der Waals surface area contributed by atoms with Crippen LogP contribution >= 0.6 is 22.9 Å². The first-order chi connectivity index (χ1) is 12.8. The second-order valence-corrected chi connectivity index (χ2v) is 10.4. The van der Waals surface area contributed by atoms with Crippen LogP contribution in [0.5, 0.6) is 0 Å². The van der Waals surface area contributed by atoms with Crippen molar-refractivity contribution < 1.29 is 17.6 Å².